The number of quaternary nitrogens is 1. The van der Waals surface area contributed by atoms with E-state index >= 15 is 0 Å². The highest BCUT2D eigenvalue weighted by atomic mass is 28.4. The van der Waals surface area contributed by atoms with Crippen LogP contribution in [0.4, 0.5) is 0 Å². The highest BCUT2D eigenvalue weighted by Gasteiger charge is 2.42. The van der Waals surface area contributed by atoms with Crippen LogP contribution in [-0.4, -0.2) is 87.9 Å². The largest absolute Gasteiger partial charge is 0.501 e. The van der Waals surface area contributed by atoms with Crippen molar-refractivity contribution in [3.8, 4) is 0 Å². The van der Waals surface area contributed by atoms with Crippen molar-refractivity contribution < 1.29 is 31.0 Å². The molecule has 0 heterocycles. The van der Waals surface area contributed by atoms with Gasteiger partial charge < -0.3 is 31.0 Å². The minimum atomic E-state index is -2.58. The molecule has 188 valence electrons. The van der Waals surface area contributed by atoms with E-state index in [-0.39, 0.29) is 0 Å². The number of rotatable bonds is 22. The van der Waals surface area contributed by atoms with Crippen molar-refractivity contribution >= 4 is 17.6 Å². The van der Waals surface area contributed by atoms with Crippen molar-refractivity contribution in [1.82, 2.24) is 0 Å². The summed E-state index contributed by atoms with van der Waals surface area (Å²) in [6.07, 6.45) is 2.08. The lowest BCUT2D eigenvalue weighted by Gasteiger charge is -2.39. The fourth-order valence-corrected chi connectivity index (χ4v) is 9.42. The molecular weight excluding hydrogens is 430 g/mol. The lowest BCUT2D eigenvalue weighted by atomic mass is 10.2. The number of nitrogens with zero attached hydrogens (tertiary/aromatic N) is 1. The molecule has 0 aliphatic heterocycles. The van der Waals surface area contributed by atoms with Gasteiger partial charge in [0.15, 0.2) is 0 Å². The molecule has 0 atom stereocenters. The molecular formula is C22H52NO6Si2+. The molecule has 0 aliphatic rings. The number of hydrogen-bond donors (Lipinski definition) is 0. The molecule has 0 N–H and O–H groups in total. The van der Waals surface area contributed by atoms with Crippen LogP contribution in [0.2, 0.25) is 12.1 Å². The summed E-state index contributed by atoms with van der Waals surface area (Å²) in [7, 11) is -5.15. The Hall–Kier alpha value is 0.154. The summed E-state index contributed by atoms with van der Waals surface area (Å²) in [4.78, 5) is 0. The summed E-state index contributed by atoms with van der Waals surface area (Å²) >= 11 is 0. The van der Waals surface area contributed by atoms with E-state index < -0.39 is 17.6 Å². The van der Waals surface area contributed by atoms with E-state index in [2.05, 4.69) is 13.8 Å². The molecule has 0 aromatic rings. The first kappa shape index (κ1) is 31.2. The van der Waals surface area contributed by atoms with Gasteiger partial charge in [-0.15, -0.1) is 0 Å². The second-order valence-corrected chi connectivity index (χ2v) is 13.1. The second-order valence-electron chi connectivity index (χ2n) is 7.59. The van der Waals surface area contributed by atoms with Gasteiger partial charge in [-0.1, -0.05) is 0 Å². The molecule has 0 aromatic heterocycles. The Kier molecular flexibility index (Phi) is 17.7. The first-order valence-electron chi connectivity index (χ1n) is 12.6. The summed E-state index contributed by atoms with van der Waals surface area (Å²) in [6.45, 7) is 24.9. The Morgan fingerprint density at radius 1 is 0.452 bits per heavy atom. The zero-order valence-corrected chi connectivity index (χ0v) is 23.8. The van der Waals surface area contributed by atoms with Gasteiger partial charge in [-0.05, 0) is 55.4 Å². The average molecular weight is 483 g/mol. The highest BCUT2D eigenvalue weighted by molar-refractivity contribution is 6.61. The van der Waals surface area contributed by atoms with Crippen LogP contribution in [-0.2, 0) is 26.6 Å². The third-order valence-electron chi connectivity index (χ3n) is 5.76. The van der Waals surface area contributed by atoms with E-state index in [1.54, 1.807) is 0 Å². The topological polar surface area (TPSA) is 55.4 Å². The Morgan fingerprint density at radius 2 is 0.710 bits per heavy atom. The molecule has 31 heavy (non-hydrogen) atoms. The van der Waals surface area contributed by atoms with Crippen molar-refractivity contribution in [2.75, 3.05) is 65.8 Å². The van der Waals surface area contributed by atoms with Crippen molar-refractivity contribution in [1.29, 1.82) is 0 Å². The van der Waals surface area contributed by atoms with Gasteiger partial charge in [-0.25, -0.2) is 0 Å². The van der Waals surface area contributed by atoms with Crippen LogP contribution in [0.15, 0.2) is 0 Å². The minimum Gasteiger partial charge on any atom is -0.374 e. The predicted molar refractivity (Wildman–Crippen MR) is 131 cm³/mol. The molecule has 0 radical (unpaired) electrons. The van der Waals surface area contributed by atoms with Gasteiger partial charge in [-0.3, -0.25) is 0 Å². The Bertz CT molecular complexity index is 359. The van der Waals surface area contributed by atoms with Crippen molar-refractivity contribution in [2.45, 2.75) is 80.3 Å². The van der Waals surface area contributed by atoms with E-state index in [0.29, 0.717) is 39.6 Å². The molecule has 0 unspecified atom stereocenters. The quantitative estimate of drug-likeness (QED) is 0.164. The van der Waals surface area contributed by atoms with Gasteiger partial charge in [0.25, 0.3) is 0 Å². The first-order valence-corrected chi connectivity index (χ1v) is 16.4. The zero-order chi connectivity index (χ0) is 23.6. The molecule has 0 fully saturated rings. The molecule has 0 saturated heterocycles. The van der Waals surface area contributed by atoms with Crippen LogP contribution in [0.25, 0.3) is 0 Å². The Labute approximate surface area is 195 Å². The number of hydrogen-bond acceptors (Lipinski definition) is 6. The maximum Gasteiger partial charge on any atom is 0.501 e. The Morgan fingerprint density at radius 3 is 0.903 bits per heavy atom. The third kappa shape index (κ3) is 11.2. The average Bonchev–Trinajstić information content (AvgIpc) is 2.74. The molecule has 0 aliphatic carbocycles. The molecule has 0 spiro atoms. The van der Waals surface area contributed by atoms with E-state index in [1.165, 1.54) is 0 Å². The monoisotopic (exact) mass is 482 g/mol. The van der Waals surface area contributed by atoms with Crippen molar-refractivity contribution in [3.05, 3.63) is 0 Å². The lowest BCUT2D eigenvalue weighted by molar-refractivity contribution is -0.925. The van der Waals surface area contributed by atoms with E-state index in [1.807, 2.05) is 41.5 Å². The molecule has 0 aromatic carbocycles. The van der Waals surface area contributed by atoms with Crippen molar-refractivity contribution in [3.63, 3.8) is 0 Å². The summed E-state index contributed by atoms with van der Waals surface area (Å²) < 4.78 is 37.3. The first-order chi connectivity index (χ1) is 14.9. The second kappa shape index (κ2) is 17.6. The highest BCUT2D eigenvalue weighted by Crippen LogP contribution is 2.23. The summed E-state index contributed by atoms with van der Waals surface area (Å²) in [6, 6.07) is 1.75. The standard InChI is InChI=1S/C22H52NO6Si2/c1-9-23(10-2,19-17-21-30(24-11-3,25-12-4)26-13-5)20-18-22-31(27-14-6,28-15-7)29-16-8/h9-22H2,1-8H3/q+1. The summed E-state index contributed by atoms with van der Waals surface area (Å²) in [5, 5.41) is 0. The van der Waals surface area contributed by atoms with Gasteiger partial charge in [0.1, 0.15) is 0 Å². The third-order valence-corrected chi connectivity index (χ3v) is 12.1. The molecule has 0 rings (SSSR count). The Balaban J connectivity index is 5.05. The van der Waals surface area contributed by atoms with Crippen LogP contribution in [0.3, 0.4) is 0 Å². The van der Waals surface area contributed by atoms with Crippen LogP contribution in [0.5, 0.6) is 0 Å². The summed E-state index contributed by atoms with van der Waals surface area (Å²) in [5.74, 6) is 0. The van der Waals surface area contributed by atoms with Gasteiger partial charge >= 0.3 is 17.6 Å². The predicted octanol–water partition coefficient (Wildman–Crippen LogP) is 4.72. The zero-order valence-electron chi connectivity index (χ0n) is 21.8. The fourth-order valence-electron chi connectivity index (χ4n) is 4.23. The maximum atomic E-state index is 6.04. The van der Waals surface area contributed by atoms with Gasteiger partial charge in [-0.2, -0.15) is 0 Å². The van der Waals surface area contributed by atoms with Gasteiger partial charge in [0.2, 0.25) is 0 Å². The molecule has 0 amide bonds. The normalized spacial score (nSPS) is 13.2. The molecule has 7 nitrogen and oxygen atoms in total. The van der Waals surface area contributed by atoms with Gasteiger partial charge in [0.05, 0.1) is 26.2 Å². The van der Waals surface area contributed by atoms with Crippen LogP contribution in [0.1, 0.15) is 68.2 Å². The van der Waals surface area contributed by atoms with E-state index in [9.17, 15) is 0 Å². The lowest BCUT2D eigenvalue weighted by Crippen LogP contribution is -2.52. The molecule has 0 saturated carbocycles. The SMILES string of the molecule is CCO[Si](CCC[N+](CC)(CC)CCC[Si](OCC)(OCC)OCC)(OCC)OCC. The van der Waals surface area contributed by atoms with Crippen LogP contribution in [0, 0.1) is 0 Å². The maximum absolute atomic E-state index is 6.04. The van der Waals surface area contributed by atoms with E-state index in [0.717, 1.165) is 55.6 Å². The minimum absolute atomic E-state index is 0.632. The van der Waals surface area contributed by atoms with Gasteiger partial charge in [0, 0.05) is 64.6 Å². The van der Waals surface area contributed by atoms with E-state index in [4.69, 9.17) is 26.6 Å². The van der Waals surface area contributed by atoms with Crippen LogP contribution >= 0.6 is 0 Å². The fraction of sp³-hybridized carbons (Fsp3) is 1.00. The van der Waals surface area contributed by atoms with Crippen molar-refractivity contribution in [2.24, 2.45) is 0 Å². The van der Waals surface area contributed by atoms with Crippen LogP contribution < -0.4 is 0 Å². The summed E-state index contributed by atoms with van der Waals surface area (Å²) in [5.41, 5.74) is 0. The smallest absolute Gasteiger partial charge is 0.374 e. The molecule has 9 heteroatoms. The molecule has 0 bridgehead atoms.